The molecule has 2 aromatic heterocycles. The first-order valence-corrected chi connectivity index (χ1v) is 12.0. The highest BCUT2D eigenvalue weighted by Gasteiger charge is 2.19. The third kappa shape index (κ3) is 4.99. The number of piperazine rings is 1. The van der Waals surface area contributed by atoms with E-state index in [0.717, 1.165) is 24.5 Å². The van der Waals surface area contributed by atoms with E-state index >= 15 is 0 Å². The van der Waals surface area contributed by atoms with Crippen LogP contribution in [0.25, 0.3) is 16.6 Å². The first-order chi connectivity index (χ1) is 17.4. The fraction of sp³-hybridized carbons (Fsp3) is 0.200. The minimum atomic E-state index is -0.801. The third-order valence-corrected chi connectivity index (χ3v) is 6.66. The van der Waals surface area contributed by atoms with Crippen LogP contribution in [0.4, 0.5) is 17.3 Å². The van der Waals surface area contributed by atoms with Crippen molar-refractivity contribution in [1.82, 2.24) is 19.4 Å². The molecule has 1 aliphatic rings. The normalized spacial score (nSPS) is 14.2. The second-order valence-corrected chi connectivity index (χ2v) is 9.20. The number of nitrogens with one attached hydrogen (secondary N) is 1. The van der Waals surface area contributed by atoms with Crippen LogP contribution in [-0.2, 0) is 4.79 Å². The van der Waals surface area contributed by atoms with Gasteiger partial charge >= 0.3 is 5.97 Å². The molecule has 0 amide bonds. The fourth-order valence-electron chi connectivity index (χ4n) is 4.23. The van der Waals surface area contributed by atoms with Gasteiger partial charge in [0, 0.05) is 49.9 Å². The molecule has 4 aromatic rings. The Morgan fingerprint density at radius 3 is 2.36 bits per heavy atom. The van der Waals surface area contributed by atoms with Gasteiger partial charge in [0.05, 0.1) is 33.2 Å². The maximum atomic E-state index is 13.1. The molecule has 0 atom stereocenters. The summed E-state index contributed by atoms with van der Waals surface area (Å²) < 4.78 is 1.39. The molecule has 2 N–H and O–H groups in total. The largest absolute Gasteiger partial charge is 0.480 e. The summed E-state index contributed by atoms with van der Waals surface area (Å²) in [6.45, 7) is 3.03. The molecule has 5 rings (SSSR count). The Hall–Kier alpha value is -3.66. The van der Waals surface area contributed by atoms with E-state index in [1.54, 1.807) is 30.5 Å². The minimum absolute atomic E-state index is 0.0735. The van der Waals surface area contributed by atoms with Crippen molar-refractivity contribution in [2.45, 2.75) is 0 Å². The molecule has 0 radical (unpaired) electrons. The van der Waals surface area contributed by atoms with E-state index in [1.807, 2.05) is 29.2 Å². The monoisotopic (exact) mass is 524 g/mol. The van der Waals surface area contributed by atoms with E-state index in [0.29, 0.717) is 45.7 Å². The van der Waals surface area contributed by atoms with Gasteiger partial charge in [-0.1, -0.05) is 29.3 Å². The lowest BCUT2D eigenvalue weighted by Crippen LogP contribution is -2.47. The second-order valence-electron chi connectivity index (χ2n) is 8.38. The van der Waals surface area contributed by atoms with Crippen LogP contribution in [0.3, 0.4) is 0 Å². The number of carbonyl (C=O) groups is 1. The number of anilines is 3. The van der Waals surface area contributed by atoms with E-state index in [-0.39, 0.29) is 12.1 Å². The van der Waals surface area contributed by atoms with E-state index in [9.17, 15) is 9.59 Å². The van der Waals surface area contributed by atoms with Gasteiger partial charge in [-0.25, -0.2) is 9.97 Å². The lowest BCUT2D eigenvalue weighted by molar-refractivity contribution is -0.138. The molecule has 0 spiro atoms. The number of carboxylic acids is 1. The van der Waals surface area contributed by atoms with Crippen LogP contribution in [-0.4, -0.2) is 63.2 Å². The number of hydrogen-bond acceptors (Lipinski definition) is 7. The Morgan fingerprint density at radius 2 is 1.69 bits per heavy atom. The molecule has 1 saturated heterocycles. The number of aromatic nitrogens is 3. The van der Waals surface area contributed by atoms with Crippen LogP contribution in [0.15, 0.2) is 65.7 Å². The Balaban J connectivity index is 1.31. The standard InChI is InChI=1S/C25H22Cl2N6O3/c26-19-2-1-3-20(27)23(19)33-9-8-21-18(24(33)36)14-28-25(30-21)29-16-4-6-17(7-5-16)32-12-10-31(11-13-32)15-22(34)35/h1-9,14H,10-13,15H2,(H,34,35)(H,28,29,30). The molecule has 0 saturated carbocycles. The summed E-state index contributed by atoms with van der Waals surface area (Å²) in [6, 6.07) is 14.7. The van der Waals surface area contributed by atoms with Crippen LogP contribution >= 0.6 is 23.2 Å². The third-order valence-electron chi connectivity index (χ3n) is 6.05. The molecule has 3 heterocycles. The van der Waals surface area contributed by atoms with Crippen molar-refractivity contribution in [2.24, 2.45) is 0 Å². The quantitative estimate of drug-likeness (QED) is 0.389. The number of hydrogen-bond donors (Lipinski definition) is 2. The van der Waals surface area contributed by atoms with Gasteiger partial charge in [0.15, 0.2) is 0 Å². The molecule has 2 aromatic carbocycles. The topological polar surface area (TPSA) is 104 Å². The molecule has 0 bridgehead atoms. The van der Waals surface area contributed by atoms with Gasteiger partial charge in [0.2, 0.25) is 5.95 Å². The molecule has 1 fully saturated rings. The van der Waals surface area contributed by atoms with Crippen molar-refractivity contribution in [1.29, 1.82) is 0 Å². The number of carboxylic acid groups (broad SMARTS) is 1. The number of rotatable bonds is 6. The number of aliphatic carboxylic acids is 1. The van der Waals surface area contributed by atoms with Gasteiger partial charge in [-0.05, 0) is 42.5 Å². The number of nitrogens with zero attached hydrogens (tertiary/aromatic N) is 5. The summed E-state index contributed by atoms with van der Waals surface area (Å²) in [5.41, 5.74) is 2.46. The summed E-state index contributed by atoms with van der Waals surface area (Å²) in [4.78, 5) is 36.9. The number of para-hydroxylation sites is 1. The van der Waals surface area contributed by atoms with Crippen LogP contribution < -0.4 is 15.8 Å². The number of halogens is 2. The first kappa shape index (κ1) is 24.1. The van der Waals surface area contributed by atoms with Crippen LogP contribution in [0.5, 0.6) is 0 Å². The molecule has 9 nitrogen and oxygen atoms in total. The summed E-state index contributed by atoms with van der Waals surface area (Å²) in [7, 11) is 0. The summed E-state index contributed by atoms with van der Waals surface area (Å²) >= 11 is 12.6. The number of benzene rings is 2. The summed E-state index contributed by atoms with van der Waals surface area (Å²) in [6.07, 6.45) is 3.08. The average molecular weight is 525 g/mol. The fourth-order valence-corrected chi connectivity index (χ4v) is 4.80. The van der Waals surface area contributed by atoms with Gasteiger partial charge in [0.1, 0.15) is 0 Å². The predicted molar refractivity (Wildman–Crippen MR) is 141 cm³/mol. The molecular formula is C25H22Cl2N6O3. The van der Waals surface area contributed by atoms with Gasteiger partial charge < -0.3 is 15.3 Å². The maximum absolute atomic E-state index is 13.1. The molecule has 184 valence electrons. The smallest absolute Gasteiger partial charge is 0.317 e. The summed E-state index contributed by atoms with van der Waals surface area (Å²) in [5.74, 6) is -0.434. The first-order valence-electron chi connectivity index (χ1n) is 11.3. The molecule has 0 aliphatic carbocycles. The van der Waals surface area contributed by atoms with E-state index in [1.165, 1.54) is 10.8 Å². The minimum Gasteiger partial charge on any atom is -0.480 e. The van der Waals surface area contributed by atoms with E-state index < -0.39 is 5.97 Å². The van der Waals surface area contributed by atoms with Crippen molar-refractivity contribution in [2.75, 3.05) is 42.9 Å². The van der Waals surface area contributed by atoms with Gasteiger partial charge in [-0.15, -0.1) is 0 Å². The zero-order chi connectivity index (χ0) is 25.2. The number of pyridine rings is 1. The van der Waals surface area contributed by atoms with Crippen molar-refractivity contribution in [3.05, 3.63) is 81.3 Å². The predicted octanol–water partition coefficient (Wildman–Crippen LogP) is 4.04. The van der Waals surface area contributed by atoms with Gasteiger partial charge in [-0.3, -0.25) is 19.1 Å². The Labute approximate surface area is 216 Å². The van der Waals surface area contributed by atoms with Crippen LogP contribution in [0.1, 0.15) is 0 Å². The maximum Gasteiger partial charge on any atom is 0.317 e. The zero-order valence-electron chi connectivity index (χ0n) is 19.1. The van der Waals surface area contributed by atoms with Gasteiger partial charge in [0.25, 0.3) is 5.56 Å². The SMILES string of the molecule is O=C(O)CN1CCN(c2ccc(Nc3ncc4c(=O)n(-c5c(Cl)cccc5Cl)ccc4n3)cc2)CC1. The lowest BCUT2D eigenvalue weighted by Gasteiger charge is -2.35. The van der Waals surface area contributed by atoms with Crippen molar-refractivity contribution >= 4 is 57.4 Å². The highest BCUT2D eigenvalue weighted by Crippen LogP contribution is 2.28. The van der Waals surface area contributed by atoms with Crippen molar-refractivity contribution < 1.29 is 9.90 Å². The summed E-state index contributed by atoms with van der Waals surface area (Å²) in [5, 5.41) is 13.2. The van der Waals surface area contributed by atoms with Gasteiger partial charge in [-0.2, -0.15) is 0 Å². The van der Waals surface area contributed by atoms with Crippen LogP contribution in [0.2, 0.25) is 10.0 Å². The highest BCUT2D eigenvalue weighted by molar-refractivity contribution is 6.37. The molecule has 1 aliphatic heterocycles. The molecule has 11 heteroatoms. The second kappa shape index (κ2) is 10.1. The highest BCUT2D eigenvalue weighted by atomic mass is 35.5. The molecule has 0 unspecified atom stereocenters. The lowest BCUT2D eigenvalue weighted by atomic mass is 10.2. The Kier molecular flexibility index (Phi) is 6.77. The van der Waals surface area contributed by atoms with Crippen molar-refractivity contribution in [3.8, 4) is 5.69 Å². The number of fused-ring (bicyclic) bond motifs is 1. The zero-order valence-corrected chi connectivity index (χ0v) is 20.6. The van der Waals surface area contributed by atoms with Crippen molar-refractivity contribution in [3.63, 3.8) is 0 Å². The Morgan fingerprint density at radius 1 is 1.00 bits per heavy atom. The molecule has 36 heavy (non-hydrogen) atoms. The molecular weight excluding hydrogens is 503 g/mol. The Bertz CT molecular complexity index is 1460. The van der Waals surface area contributed by atoms with E-state index in [2.05, 4.69) is 20.2 Å². The van der Waals surface area contributed by atoms with Crippen LogP contribution in [0, 0.1) is 0 Å². The average Bonchev–Trinajstić information content (AvgIpc) is 2.86. The van der Waals surface area contributed by atoms with E-state index in [4.69, 9.17) is 28.3 Å².